The first-order chi connectivity index (χ1) is 11.0. The van der Waals surface area contributed by atoms with Crippen molar-refractivity contribution in [2.45, 2.75) is 25.7 Å². The van der Waals surface area contributed by atoms with Crippen molar-refractivity contribution in [3.05, 3.63) is 40.5 Å². The number of nitrogens with zero attached hydrogens (tertiary/aromatic N) is 1. The van der Waals surface area contributed by atoms with E-state index in [1.54, 1.807) is 0 Å². The molecule has 0 unspecified atom stereocenters. The summed E-state index contributed by atoms with van der Waals surface area (Å²) >= 11 is 3.36. The van der Waals surface area contributed by atoms with Crippen molar-refractivity contribution in [2.24, 2.45) is 0 Å². The lowest BCUT2D eigenvalue weighted by Gasteiger charge is -2.06. The minimum Gasteiger partial charge on any atom is -0.481 e. The Bertz CT molecular complexity index is 623. The van der Waals surface area contributed by atoms with Crippen molar-refractivity contribution >= 4 is 33.5 Å². The van der Waals surface area contributed by atoms with Crippen molar-refractivity contribution in [3.63, 3.8) is 0 Å². The standard InChI is InChI=1S/C16H18BrN3O3/c17-13-6-3-4-7-14(13)20-11-12(10-18)16(23)19-9-5-1-2-8-15(21)22/h3-4,6-7,11,20H,1-2,5,8-9H2,(H,19,23)(H,21,22)/b12-11-. The van der Waals surface area contributed by atoms with Crippen LogP contribution in [0.4, 0.5) is 5.69 Å². The molecule has 0 heterocycles. The van der Waals surface area contributed by atoms with Crippen LogP contribution in [0.5, 0.6) is 0 Å². The third-order valence-corrected chi connectivity index (χ3v) is 3.66. The van der Waals surface area contributed by atoms with Crippen LogP contribution in [-0.2, 0) is 9.59 Å². The molecule has 7 heteroatoms. The van der Waals surface area contributed by atoms with Gasteiger partial charge in [0.15, 0.2) is 0 Å². The highest BCUT2D eigenvalue weighted by Gasteiger charge is 2.08. The summed E-state index contributed by atoms with van der Waals surface area (Å²) in [6.07, 6.45) is 3.46. The second kappa shape index (κ2) is 10.4. The molecular formula is C16H18BrN3O3. The van der Waals surface area contributed by atoms with E-state index in [-0.39, 0.29) is 12.0 Å². The molecule has 1 aromatic carbocycles. The van der Waals surface area contributed by atoms with Crippen LogP contribution in [0.2, 0.25) is 0 Å². The van der Waals surface area contributed by atoms with Gasteiger partial charge in [0, 0.05) is 23.6 Å². The molecule has 23 heavy (non-hydrogen) atoms. The summed E-state index contributed by atoms with van der Waals surface area (Å²) < 4.78 is 0.826. The lowest BCUT2D eigenvalue weighted by molar-refractivity contribution is -0.137. The number of nitriles is 1. The van der Waals surface area contributed by atoms with Gasteiger partial charge in [-0.3, -0.25) is 9.59 Å². The molecule has 0 aliphatic carbocycles. The van der Waals surface area contributed by atoms with Gasteiger partial charge in [-0.05, 0) is 40.9 Å². The molecule has 0 atom stereocenters. The van der Waals surface area contributed by atoms with E-state index in [0.717, 1.165) is 10.2 Å². The number of benzene rings is 1. The van der Waals surface area contributed by atoms with E-state index in [9.17, 15) is 9.59 Å². The summed E-state index contributed by atoms with van der Waals surface area (Å²) in [6, 6.07) is 9.21. The van der Waals surface area contributed by atoms with Crippen molar-refractivity contribution < 1.29 is 14.7 Å². The molecule has 0 radical (unpaired) electrons. The number of hydrogen-bond acceptors (Lipinski definition) is 4. The predicted molar refractivity (Wildman–Crippen MR) is 90.6 cm³/mol. The van der Waals surface area contributed by atoms with E-state index >= 15 is 0 Å². The molecule has 1 amide bonds. The first-order valence-electron chi connectivity index (χ1n) is 7.16. The van der Waals surface area contributed by atoms with Gasteiger partial charge in [0.1, 0.15) is 11.6 Å². The molecule has 0 aliphatic rings. The number of unbranched alkanes of at least 4 members (excludes halogenated alkanes) is 2. The highest BCUT2D eigenvalue weighted by atomic mass is 79.9. The first-order valence-corrected chi connectivity index (χ1v) is 7.95. The van der Waals surface area contributed by atoms with E-state index in [4.69, 9.17) is 10.4 Å². The second-order valence-electron chi connectivity index (χ2n) is 4.75. The number of nitrogens with one attached hydrogen (secondary N) is 2. The molecule has 0 bridgehead atoms. The monoisotopic (exact) mass is 379 g/mol. The number of amides is 1. The van der Waals surface area contributed by atoms with E-state index in [2.05, 4.69) is 26.6 Å². The summed E-state index contributed by atoms with van der Waals surface area (Å²) in [4.78, 5) is 22.2. The molecule has 3 N–H and O–H groups in total. The topological polar surface area (TPSA) is 102 Å². The number of halogens is 1. The number of hydrogen-bond donors (Lipinski definition) is 3. The van der Waals surface area contributed by atoms with E-state index in [0.29, 0.717) is 25.8 Å². The zero-order valence-electron chi connectivity index (χ0n) is 12.5. The van der Waals surface area contributed by atoms with Crippen LogP contribution in [0.15, 0.2) is 40.5 Å². The number of carboxylic acids is 1. The SMILES string of the molecule is N#C/C(=C/Nc1ccccc1Br)C(=O)NCCCCCC(=O)O. The van der Waals surface area contributed by atoms with Gasteiger partial charge in [0.25, 0.3) is 5.91 Å². The molecule has 122 valence electrons. The minimum atomic E-state index is -0.818. The summed E-state index contributed by atoms with van der Waals surface area (Å²) in [5.41, 5.74) is 0.730. The molecule has 0 saturated heterocycles. The summed E-state index contributed by atoms with van der Waals surface area (Å²) in [5.74, 6) is -1.27. The lowest BCUT2D eigenvalue weighted by Crippen LogP contribution is -2.26. The van der Waals surface area contributed by atoms with E-state index in [1.807, 2.05) is 30.3 Å². The Kier molecular flexibility index (Phi) is 8.47. The maximum Gasteiger partial charge on any atom is 0.303 e. The minimum absolute atomic E-state index is 0.0220. The van der Waals surface area contributed by atoms with Crippen molar-refractivity contribution in [3.8, 4) is 6.07 Å². The molecule has 1 aromatic rings. The highest BCUT2D eigenvalue weighted by Crippen LogP contribution is 2.21. The van der Waals surface area contributed by atoms with Gasteiger partial charge in [0.05, 0.1) is 5.69 Å². The Balaban J connectivity index is 2.40. The first kappa shape index (κ1) is 18.7. The molecule has 0 saturated carbocycles. The highest BCUT2D eigenvalue weighted by molar-refractivity contribution is 9.10. The van der Waals surface area contributed by atoms with Gasteiger partial charge >= 0.3 is 5.97 Å². The van der Waals surface area contributed by atoms with Gasteiger partial charge in [-0.1, -0.05) is 18.6 Å². The van der Waals surface area contributed by atoms with E-state index < -0.39 is 11.9 Å². The number of anilines is 1. The predicted octanol–water partition coefficient (Wildman–Crippen LogP) is 3.03. The fourth-order valence-corrected chi connectivity index (χ4v) is 2.15. The van der Waals surface area contributed by atoms with E-state index in [1.165, 1.54) is 6.20 Å². The molecule has 0 aromatic heterocycles. The molecule has 0 spiro atoms. The maximum absolute atomic E-state index is 11.9. The van der Waals surface area contributed by atoms with Crippen LogP contribution in [0.3, 0.4) is 0 Å². The summed E-state index contributed by atoms with van der Waals surface area (Å²) in [7, 11) is 0. The number of rotatable bonds is 9. The van der Waals surface area contributed by atoms with Crippen LogP contribution in [-0.4, -0.2) is 23.5 Å². The fraction of sp³-hybridized carbons (Fsp3) is 0.312. The fourth-order valence-electron chi connectivity index (χ4n) is 1.75. The van der Waals surface area contributed by atoms with Gasteiger partial charge < -0.3 is 15.7 Å². The Morgan fingerprint density at radius 3 is 2.65 bits per heavy atom. The maximum atomic E-state index is 11.9. The van der Waals surface area contributed by atoms with Gasteiger partial charge in [0.2, 0.25) is 0 Å². The number of aliphatic carboxylic acids is 1. The van der Waals surface area contributed by atoms with Crippen molar-refractivity contribution in [2.75, 3.05) is 11.9 Å². The Labute approximate surface area is 143 Å². The van der Waals surface area contributed by atoms with Crippen LogP contribution >= 0.6 is 15.9 Å². The third-order valence-electron chi connectivity index (χ3n) is 2.96. The lowest BCUT2D eigenvalue weighted by atomic mass is 10.2. The Hall–Kier alpha value is -2.33. The molecule has 1 rings (SSSR count). The van der Waals surface area contributed by atoms with Crippen LogP contribution < -0.4 is 10.6 Å². The zero-order valence-corrected chi connectivity index (χ0v) is 14.1. The van der Waals surface area contributed by atoms with Crippen LogP contribution in [0.25, 0.3) is 0 Å². The summed E-state index contributed by atoms with van der Waals surface area (Å²) in [6.45, 7) is 0.409. The normalized spacial score (nSPS) is 10.7. The number of para-hydroxylation sites is 1. The second-order valence-corrected chi connectivity index (χ2v) is 5.61. The summed E-state index contributed by atoms with van der Waals surface area (Å²) in [5, 5.41) is 23.1. The zero-order chi connectivity index (χ0) is 17.1. The average molecular weight is 380 g/mol. The largest absolute Gasteiger partial charge is 0.481 e. The van der Waals surface area contributed by atoms with Gasteiger partial charge in [-0.2, -0.15) is 5.26 Å². The van der Waals surface area contributed by atoms with Gasteiger partial charge in [-0.25, -0.2) is 0 Å². The number of carbonyl (C=O) groups is 2. The number of carbonyl (C=O) groups excluding carboxylic acids is 1. The Morgan fingerprint density at radius 2 is 2.00 bits per heavy atom. The quantitative estimate of drug-likeness (QED) is 0.347. The average Bonchev–Trinajstić information content (AvgIpc) is 2.52. The molecule has 6 nitrogen and oxygen atoms in total. The Morgan fingerprint density at radius 1 is 1.26 bits per heavy atom. The van der Waals surface area contributed by atoms with Crippen molar-refractivity contribution in [1.82, 2.24) is 5.32 Å². The molecular weight excluding hydrogens is 362 g/mol. The van der Waals surface area contributed by atoms with Gasteiger partial charge in [-0.15, -0.1) is 0 Å². The molecule has 0 fully saturated rings. The van der Waals surface area contributed by atoms with Crippen LogP contribution in [0, 0.1) is 11.3 Å². The molecule has 0 aliphatic heterocycles. The van der Waals surface area contributed by atoms with Crippen molar-refractivity contribution in [1.29, 1.82) is 5.26 Å². The smallest absolute Gasteiger partial charge is 0.303 e. The van der Waals surface area contributed by atoms with Crippen LogP contribution in [0.1, 0.15) is 25.7 Å². The number of carboxylic acid groups (broad SMARTS) is 1. The third kappa shape index (κ3) is 7.47.